The first kappa shape index (κ1) is 8.38. The molecule has 0 aliphatic heterocycles. The predicted molar refractivity (Wildman–Crippen MR) is 51.3 cm³/mol. The maximum Gasteiger partial charge on any atom is 0.106 e. The van der Waals surface area contributed by atoms with Gasteiger partial charge in [0.15, 0.2) is 0 Å². The number of rotatable bonds is 3. The van der Waals surface area contributed by atoms with E-state index in [0.29, 0.717) is 5.92 Å². The average Bonchev–Trinajstić information content (AvgIpc) is 2.07. The lowest BCUT2D eigenvalue weighted by Gasteiger charge is -2.08. The summed E-state index contributed by atoms with van der Waals surface area (Å²) < 4.78 is 0. The Kier molecular flexibility index (Phi) is 3.22. The quantitative estimate of drug-likeness (QED) is 0.573. The predicted octanol–water partition coefficient (Wildman–Crippen LogP) is 2.96. The van der Waals surface area contributed by atoms with Crippen molar-refractivity contribution < 1.29 is 0 Å². The fourth-order valence-corrected chi connectivity index (χ4v) is 1.27. The normalized spacial score (nSPS) is 12.5. The summed E-state index contributed by atoms with van der Waals surface area (Å²) in [6.07, 6.45) is 1.17. The third-order valence-electron chi connectivity index (χ3n) is 1.96. The molecule has 0 aliphatic rings. The standard InChI is InChI=1S/C10H14B/c1-9(8-11-2)10-6-4-3-5-7-10/h3-7,9H,8H2,1-2H3. The largest absolute Gasteiger partial charge is 0.106 e. The van der Waals surface area contributed by atoms with Gasteiger partial charge in [-0.2, -0.15) is 0 Å². The Morgan fingerprint density at radius 2 is 1.91 bits per heavy atom. The second-order valence-corrected chi connectivity index (χ2v) is 2.96. The molecule has 0 aromatic heterocycles. The Hall–Kier alpha value is -0.715. The van der Waals surface area contributed by atoms with Gasteiger partial charge in [-0.3, -0.25) is 0 Å². The van der Waals surface area contributed by atoms with Crippen LogP contribution in [0.1, 0.15) is 18.4 Å². The molecule has 0 fully saturated rings. The summed E-state index contributed by atoms with van der Waals surface area (Å²) in [6.45, 7) is 4.37. The number of hydrogen-bond acceptors (Lipinski definition) is 0. The molecule has 1 aromatic rings. The van der Waals surface area contributed by atoms with E-state index in [0.717, 1.165) is 0 Å². The molecular formula is C10H14B. The lowest BCUT2D eigenvalue weighted by molar-refractivity contribution is 0.859. The maximum atomic E-state index is 2.26. The first-order valence-electron chi connectivity index (χ1n) is 4.17. The molecular weight excluding hydrogens is 131 g/mol. The minimum atomic E-state index is 0.668. The molecule has 0 N–H and O–H groups in total. The highest BCUT2D eigenvalue weighted by molar-refractivity contribution is 6.33. The molecule has 0 amide bonds. The lowest BCUT2D eigenvalue weighted by atomic mass is 9.71. The monoisotopic (exact) mass is 145 g/mol. The van der Waals surface area contributed by atoms with E-state index in [1.165, 1.54) is 11.9 Å². The second-order valence-electron chi connectivity index (χ2n) is 2.96. The van der Waals surface area contributed by atoms with Crippen LogP contribution in [0.2, 0.25) is 13.1 Å². The molecule has 11 heavy (non-hydrogen) atoms. The van der Waals surface area contributed by atoms with Gasteiger partial charge in [0.25, 0.3) is 0 Å². The fraction of sp³-hybridized carbons (Fsp3) is 0.400. The zero-order valence-electron chi connectivity index (χ0n) is 7.25. The molecule has 0 spiro atoms. The lowest BCUT2D eigenvalue weighted by Crippen LogP contribution is -1.94. The molecule has 1 unspecified atom stereocenters. The summed E-state index contributed by atoms with van der Waals surface area (Å²) in [5, 5.41) is 0. The van der Waals surface area contributed by atoms with Crippen molar-refractivity contribution in [1.29, 1.82) is 0 Å². The molecule has 1 heteroatoms. The number of benzene rings is 1. The van der Waals surface area contributed by atoms with E-state index in [1.807, 2.05) is 0 Å². The van der Waals surface area contributed by atoms with Crippen LogP contribution in [0, 0.1) is 0 Å². The smallest absolute Gasteiger partial charge is 0.0920 e. The molecule has 0 saturated carbocycles. The zero-order chi connectivity index (χ0) is 8.10. The topological polar surface area (TPSA) is 0 Å². The molecule has 0 bridgehead atoms. The Labute approximate surface area is 69.9 Å². The average molecular weight is 145 g/mol. The van der Waals surface area contributed by atoms with Crippen molar-refractivity contribution in [2.75, 3.05) is 0 Å². The highest BCUT2D eigenvalue weighted by atomic mass is 14.0. The van der Waals surface area contributed by atoms with Crippen molar-refractivity contribution in [2.24, 2.45) is 0 Å². The van der Waals surface area contributed by atoms with Crippen LogP contribution >= 0.6 is 0 Å². The Balaban J connectivity index is 2.61. The van der Waals surface area contributed by atoms with Gasteiger partial charge in [0.2, 0.25) is 0 Å². The van der Waals surface area contributed by atoms with Gasteiger partial charge in [0.1, 0.15) is 7.28 Å². The van der Waals surface area contributed by atoms with E-state index in [9.17, 15) is 0 Å². The third-order valence-corrected chi connectivity index (χ3v) is 1.96. The molecule has 0 aliphatic carbocycles. The fourth-order valence-electron chi connectivity index (χ4n) is 1.27. The first-order chi connectivity index (χ1) is 5.34. The molecule has 1 aromatic carbocycles. The molecule has 1 rings (SSSR count). The molecule has 0 saturated heterocycles. The summed E-state index contributed by atoms with van der Waals surface area (Å²) in [5.74, 6) is 0.668. The van der Waals surface area contributed by atoms with Crippen molar-refractivity contribution in [3.05, 3.63) is 35.9 Å². The van der Waals surface area contributed by atoms with Crippen molar-refractivity contribution in [1.82, 2.24) is 0 Å². The highest BCUT2D eigenvalue weighted by Gasteiger charge is 2.01. The SMILES string of the molecule is C[B]CC(C)c1ccccc1. The van der Waals surface area contributed by atoms with E-state index < -0.39 is 0 Å². The van der Waals surface area contributed by atoms with Gasteiger partial charge in [-0.15, -0.1) is 0 Å². The second kappa shape index (κ2) is 4.22. The summed E-state index contributed by atoms with van der Waals surface area (Å²) in [5.41, 5.74) is 1.44. The van der Waals surface area contributed by atoms with E-state index in [1.54, 1.807) is 0 Å². The van der Waals surface area contributed by atoms with Crippen LogP contribution in [0.4, 0.5) is 0 Å². The van der Waals surface area contributed by atoms with E-state index in [2.05, 4.69) is 51.4 Å². The van der Waals surface area contributed by atoms with Crippen molar-refractivity contribution >= 4 is 7.28 Å². The third kappa shape index (κ3) is 2.41. The van der Waals surface area contributed by atoms with Crippen LogP contribution in [0.5, 0.6) is 0 Å². The highest BCUT2D eigenvalue weighted by Crippen LogP contribution is 2.17. The van der Waals surface area contributed by atoms with Crippen LogP contribution in [-0.2, 0) is 0 Å². The molecule has 1 radical (unpaired) electrons. The molecule has 0 heterocycles. The molecule has 0 nitrogen and oxygen atoms in total. The van der Waals surface area contributed by atoms with Crippen LogP contribution in [0.15, 0.2) is 30.3 Å². The van der Waals surface area contributed by atoms with Crippen molar-refractivity contribution in [3.8, 4) is 0 Å². The maximum absolute atomic E-state index is 2.26. The van der Waals surface area contributed by atoms with Gasteiger partial charge in [0, 0.05) is 0 Å². The van der Waals surface area contributed by atoms with E-state index >= 15 is 0 Å². The summed E-state index contributed by atoms with van der Waals surface area (Å²) >= 11 is 0. The van der Waals surface area contributed by atoms with Crippen LogP contribution in [-0.4, -0.2) is 7.28 Å². The van der Waals surface area contributed by atoms with Gasteiger partial charge in [-0.25, -0.2) is 0 Å². The number of hydrogen-bond donors (Lipinski definition) is 0. The Morgan fingerprint density at radius 3 is 2.45 bits per heavy atom. The molecule has 1 atom stereocenters. The van der Waals surface area contributed by atoms with Crippen molar-refractivity contribution in [3.63, 3.8) is 0 Å². The Morgan fingerprint density at radius 1 is 1.27 bits per heavy atom. The Bertz CT molecular complexity index is 193. The van der Waals surface area contributed by atoms with Crippen molar-refractivity contribution in [2.45, 2.75) is 26.0 Å². The van der Waals surface area contributed by atoms with Crippen LogP contribution < -0.4 is 0 Å². The summed E-state index contributed by atoms with van der Waals surface area (Å²) in [6, 6.07) is 10.6. The van der Waals surface area contributed by atoms with Gasteiger partial charge >= 0.3 is 0 Å². The minimum Gasteiger partial charge on any atom is -0.0920 e. The van der Waals surface area contributed by atoms with Gasteiger partial charge in [0.05, 0.1) is 0 Å². The molecule has 57 valence electrons. The van der Waals surface area contributed by atoms with Crippen LogP contribution in [0.25, 0.3) is 0 Å². The summed E-state index contributed by atoms with van der Waals surface area (Å²) in [7, 11) is 2.22. The minimum absolute atomic E-state index is 0.668. The van der Waals surface area contributed by atoms with Crippen LogP contribution in [0.3, 0.4) is 0 Å². The van der Waals surface area contributed by atoms with E-state index in [-0.39, 0.29) is 0 Å². The summed E-state index contributed by atoms with van der Waals surface area (Å²) in [4.78, 5) is 0. The first-order valence-corrected chi connectivity index (χ1v) is 4.17. The zero-order valence-corrected chi connectivity index (χ0v) is 7.25. The van der Waals surface area contributed by atoms with Gasteiger partial charge < -0.3 is 0 Å². The van der Waals surface area contributed by atoms with E-state index in [4.69, 9.17) is 0 Å². The van der Waals surface area contributed by atoms with Gasteiger partial charge in [-0.1, -0.05) is 50.4 Å². The van der Waals surface area contributed by atoms with Gasteiger partial charge in [-0.05, 0) is 11.5 Å².